The fourth-order valence-electron chi connectivity index (χ4n) is 2.98. The van der Waals surface area contributed by atoms with Gasteiger partial charge >= 0.3 is 0 Å². The monoisotopic (exact) mass is 338 g/mol. The molecule has 3 rings (SSSR count). The maximum atomic E-state index is 12.5. The molecule has 2 amide bonds. The number of nitrogens with one attached hydrogen (secondary N) is 2. The van der Waals surface area contributed by atoms with Crippen molar-refractivity contribution in [1.82, 2.24) is 0 Å². The molecule has 0 saturated heterocycles. The van der Waals surface area contributed by atoms with Gasteiger partial charge in [-0.2, -0.15) is 0 Å². The zero-order valence-electron chi connectivity index (χ0n) is 14.5. The molecule has 0 fully saturated rings. The van der Waals surface area contributed by atoms with E-state index in [1.54, 1.807) is 24.3 Å². The van der Waals surface area contributed by atoms with Crippen LogP contribution in [0.25, 0.3) is 0 Å². The van der Waals surface area contributed by atoms with Crippen molar-refractivity contribution in [2.24, 2.45) is 0 Å². The Hall–Kier alpha value is -3.02. The van der Waals surface area contributed by atoms with Crippen molar-refractivity contribution in [2.45, 2.75) is 6.92 Å². The molecule has 0 saturated carbocycles. The van der Waals surface area contributed by atoms with Crippen LogP contribution >= 0.6 is 0 Å². The first kappa shape index (κ1) is 16.8. The lowest BCUT2D eigenvalue weighted by molar-refractivity contribution is -0.115. The molecule has 0 spiro atoms. The molecule has 1 heterocycles. The third-order valence-electron chi connectivity index (χ3n) is 4.14. The van der Waals surface area contributed by atoms with E-state index in [4.69, 9.17) is 0 Å². The van der Waals surface area contributed by atoms with Crippen LogP contribution in [-0.4, -0.2) is 38.5 Å². The molecule has 0 aromatic heterocycles. The van der Waals surface area contributed by atoms with E-state index in [0.717, 1.165) is 24.5 Å². The van der Waals surface area contributed by atoms with E-state index in [1.807, 2.05) is 18.2 Å². The normalized spacial score (nSPS) is 13.2. The SMILES string of the molecule is CC(=O)Nc1cccc(NC(=O)CN2CCN(C)c3ccccc32)c1. The molecule has 2 aromatic rings. The topological polar surface area (TPSA) is 64.7 Å². The van der Waals surface area contributed by atoms with Crippen LogP contribution in [0.1, 0.15) is 6.92 Å². The predicted molar refractivity (Wildman–Crippen MR) is 101 cm³/mol. The molecule has 6 heteroatoms. The molecular weight excluding hydrogens is 316 g/mol. The van der Waals surface area contributed by atoms with Gasteiger partial charge in [-0.25, -0.2) is 0 Å². The Labute approximate surface area is 147 Å². The van der Waals surface area contributed by atoms with Crippen molar-refractivity contribution in [3.63, 3.8) is 0 Å². The summed E-state index contributed by atoms with van der Waals surface area (Å²) in [6.07, 6.45) is 0. The van der Waals surface area contributed by atoms with Crippen molar-refractivity contribution in [3.8, 4) is 0 Å². The fourth-order valence-corrected chi connectivity index (χ4v) is 2.98. The molecule has 2 aromatic carbocycles. The molecule has 2 N–H and O–H groups in total. The Bertz CT molecular complexity index is 790. The number of hydrogen-bond donors (Lipinski definition) is 2. The maximum absolute atomic E-state index is 12.5. The summed E-state index contributed by atoms with van der Waals surface area (Å²) < 4.78 is 0. The van der Waals surface area contributed by atoms with Crippen LogP contribution in [0, 0.1) is 0 Å². The second-order valence-corrected chi connectivity index (χ2v) is 6.14. The van der Waals surface area contributed by atoms with E-state index in [0.29, 0.717) is 11.4 Å². The average molecular weight is 338 g/mol. The summed E-state index contributed by atoms with van der Waals surface area (Å²) in [5.41, 5.74) is 3.53. The summed E-state index contributed by atoms with van der Waals surface area (Å²) >= 11 is 0. The van der Waals surface area contributed by atoms with Gasteiger partial charge in [-0.15, -0.1) is 0 Å². The van der Waals surface area contributed by atoms with Crippen LogP contribution in [0.15, 0.2) is 48.5 Å². The maximum Gasteiger partial charge on any atom is 0.243 e. The van der Waals surface area contributed by atoms with Gasteiger partial charge in [0.1, 0.15) is 0 Å². The van der Waals surface area contributed by atoms with Gasteiger partial charge in [0.25, 0.3) is 0 Å². The molecule has 25 heavy (non-hydrogen) atoms. The quantitative estimate of drug-likeness (QED) is 0.899. The molecule has 1 aliphatic heterocycles. The number of nitrogens with zero attached hydrogens (tertiary/aromatic N) is 2. The Morgan fingerprint density at radius 2 is 1.64 bits per heavy atom. The standard InChI is InChI=1S/C19H22N4O2/c1-14(24)20-15-6-5-7-16(12-15)21-19(25)13-23-11-10-22(2)17-8-3-4-9-18(17)23/h3-9,12H,10-11,13H2,1-2H3,(H,20,24)(H,21,25). The van der Waals surface area contributed by atoms with Gasteiger partial charge in [-0.05, 0) is 30.3 Å². The van der Waals surface area contributed by atoms with Crippen LogP contribution in [-0.2, 0) is 9.59 Å². The number of hydrogen-bond acceptors (Lipinski definition) is 4. The summed E-state index contributed by atoms with van der Waals surface area (Å²) in [4.78, 5) is 27.9. The first-order valence-electron chi connectivity index (χ1n) is 8.25. The van der Waals surface area contributed by atoms with Crippen LogP contribution in [0.2, 0.25) is 0 Å². The van der Waals surface area contributed by atoms with Crippen LogP contribution < -0.4 is 20.4 Å². The van der Waals surface area contributed by atoms with Gasteiger partial charge in [0.15, 0.2) is 0 Å². The molecule has 130 valence electrons. The van der Waals surface area contributed by atoms with E-state index in [1.165, 1.54) is 6.92 Å². The Morgan fingerprint density at radius 1 is 0.960 bits per heavy atom. The molecule has 0 unspecified atom stereocenters. The highest BCUT2D eigenvalue weighted by Gasteiger charge is 2.21. The van der Waals surface area contributed by atoms with Gasteiger partial charge in [0.05, 0.1) is 17.9 Å². The number of carbonyl (C=O) groups is 2. The largest absolute Gasteiger partial charge is 0.371 e. The van der Waals surface area contributed by atoms with Gasteiger partial charge in [0.2, 0.25) is 11.8 Å². The van der Waals surface area contributed by atoms with Crippen molar-refractivity contribution in [1.29, 1.82) is 0 Å². The first-order valence-corrected chi connectivity index (χ1v) is 8.25. The van der Waals surface area contributed by atoms with Crippen LogP contribution in [0.3, 0.4) is 0 Å². The minimum atomic E-state index is -0.141. The Morgan fingerprint density at radius 3 is 2.36 bits per heavy atom. The van der Waals surface area contributed by atoms with Gasteiger partial charge in [-0.1, -0.05) is 18.2 Å². The molecule has 0 bridgehead atoms. The second kappa shape index (κ2) is 7.25. The lowest BCUT2D eigenvalue weighted by Gasteiger charge is -2.36. The van der Waals surface area contributed by atoms with E-state index >= 15 is 0 Å². The summed E-state index contributed by atoms with van der Waals surface area (Å²) in [6.45, 7) is 3.42. The second-order valence-electron chi connectivity index (χ2n) is 6.14. The van der Waals surface area contributed by atoms with Gasteiger partial charge < -0.3 is 20.4 Å². The molecule has 1 aliphatic rings. The number of rotatable bonds is 4. The number of likely N-dealkylation sites (N-methyl/N-ethyl adjacent to an activating group) is 1. The van der Waals surface area contributed by atoms with Crippen molar-refractivity contribution < 1.29 is 9.59 Å². The molecule has 6 nitrogen and oxygen atoms in total. The van der Waals surface area contributed by atoms with Crippen molar-refractivity contribution in [2.75, 3.05) is 47.1 Å². The van der Waals surface area contributed by atoms with Gasteiger partial charge in [-0.3, -0.25) is 9.59 Å². The van der Waals surface area contributed by atoms with E-state index < -0.39 is 0 Å². The highest BCUT2D eigenvalue weighted by atomic mass is 16.2. The number of amides is 2. The summed E-state index contributed by atoms with van der Waals surface area (Å²) in [5, 5.41) is 5.61. The molecular formula is C19H22N4O2. The third kappa shape index (κ3) is 4.09. The zero-order valence-corrected chi connectivity index (χ0v) is 14.5. The summed E-state index contributed by atoms with van der Waals surface area (Å²) in [7, 11) is 2.06. The summed E-state index contributed by atoms with van der Waals surface area (Å²) in [6, 6.07) is 15.2. The molecule has 0 aliphatic carbocycles. The number of fused-ring (bicyclic) bond motifs is 1. The van der Waals surface area contributed by atoms with Crippen molar-refractivity contribution in [3.05, 3.63) is 48.5 Å². The number of anilines is 4. The summed E-state index contributed by atoms with van der Waals surface area (Å²) in [5.74, 6) is -0.225. The Kier molecular flexibility index (Phi) is 4.88. The van der Waals surface area contributed by atoms with E-state index in [-0.39, 0.29) is 18.4 Å². The third-order valence-corrected chi connectivity index (χ3v) is 4.14. The minimum absolute atomic E-state index is 0.0840. The average Bonchev–Trinajstić information content (AvgIpc) is 2.57. The van der Waals surface area contributed by atoms with Gasteiger partial charge in [0, 0.05) is 38.4 Å². The number of benzene rings is 2. The fraction of sp³-hybridized carbons (Fsp3) is 0.263. The minimum Gasteiger partial charge on any atom is -0.371 e. The zero-order chi connectivity index (χ0) is 17.8. The molecule has 0 radical (unpaired) electrons. The molecule has 0 atom stereocenters. The van der Waals surface area contributed by atoms with Crippen molar-refractivity contribution >= 4 is 34.6 Å². The number of carbonyl (C=O) groups excluding carboxylic acids is 2. The highest BCUT2D eigenvalue weighted by Crippen LogP contribution is 2.31. The first-order chi connectivity index (χ1) is 12.0. The van der Waals surface area contributed by atoms with Crippen LogP contribution in [0.5, 0.6) is 0 Å². The van der Waals surface area contributed by atoms with E-state index in [9.17, 15) is 9.59 Å². The highest BCUT2D eigenvalue weighted by molar-refractivity contribution is 5.96. The smallest absolute Gasteiger partial charge is 0.243 e. The van der Waals surface area contributed by atoms with Crippen LogP contribution in [0.4, 0.5) is 22.7 Å². The van der Waals surface area contributed by atoms with E-state index in [2.05, 4.69) is 33.5 Å². The Balaban J connectivity index is 1.67. The lowest BCUT2D eigenvalue weighted by Crippen LogP contribution is -2.42. The predicted octanol–water partition coefficient (Wildman–Crippen LogP) is 2.54. The number of para-hydroxylation sites is 2. The lowest BCUT2D eigenvalue weighted by atomic mass is 10.1.